The number of rotatable bonds is 4. The molecule has 18 heavy (non-hydrogen) atoms. The van der Waals surface area contributed by atoms with Crippen molar-refractivity contribution in [2.24, 2.45) is 23.7 Å². The lowest BCUT2D eigenvalue weighted by Gasteiger charge is -2.29. The molecule has 3 saturated carbocycles. The standard InChI is InChI=1S/C16H27NO/c1-2-3-11-4-6-15(7-5-11)17-16(18)14-9-12-8-13(12)10-14/h11-15H,2-10H2,1H3,(H,17,18). The van der Waals surface area contributed by atoms with E-state index in [1.54, 1.807) is 0 Å². The lowest BCUT2D eigenvalue weighted by Crippen LogP contribution is -2.40. The minimum Gasteiger partial charge on any atom is -0.353 e. The normalized spacial score (nSPS) is 42.4. The van der Waals surface area contributed by atoms with E-state index in [9.17, 15) is 4.79 Å². The molecule has 1 amide bonds. The highest BCUT2D eigenvalue weighted by molar-refractivity contribution is 5.79. The van der Waals surface area contributed by atoms with Crippen molar-refractivity contribution in [3.8, 4) is 0 Å². The first-order valence-electron chi connectivity index (χ1n) is 8.06. The van der Waals surface area contributed by atoms with Gasteiger partial charge in [0, 0.05) is 12.0 Å². The SMILES string of the molecule is CCCC1CCC(NC(=O)C2CC3CC3C2)CC1. The molecule has 1 N–H and O–H groups in total. The first-order chi connectivity index (χ1) is 8.76. The van der Waals surface area contributed by atoms with Crippen molar-refractivity contribution in [1.29, 1.82) is 0 Å². The summed E-state index contributed by atoms with van der Waals surface area (Å²) in [4.78, 5) is 12.2. The van der Waals surface area contributed by atoms with Crippen LogP contribution in [0, 0.1) is 23.7 Å². The van der Waals surface area contributed by atoms with Gasteiger partial charge in [0.25, 0.3) is 0 Å². The molecule has 3 aliphatic rings. The molecule has 0 aromatic carbocycles. The van der Waals surface area contributed by atoms with Crippen molar-refractivity contribution in [2.75, 3.05) is 0 Å². The van der Waals surface area contributed by atoms with Crippen LogP contribution < -0.4 is 5.32 Å². The molecule has 3 fully saturated rings. The van der Waals surface area contributed by atoms with E-state index in [1.807, 2.05) is 0 Å². The molecule has 0 aromatic rings. The van der Waals surface area contributed by atoms with Crippen LogP contribution in [0.15, 0.2) is 0 Å². The van der Waals surface area contributed by atoms with Gasteiger partial charge in [-0.2, -0.15) is 0 Å². The van der Waals surface area contributed by atoms with Crippen LogP contribution in [0.4, 0.5) is 0 Å². The number of amides is 1. The van der Waals surface area contributed by atoms with Crippen LogP contribution in [0.25, 0.3) is 0 Å². The highest BCUT2D eigenvalue weighted by Gasteiger charge is 2.48. The first-order valence-corrected chi connectivity index (χ1v) is 8.06. The molecule has 0 heterocycles. The summed E-state index contributed by atoms with van der Waals surface area (Å²) >= 11 is 0. The maximum absolute atomic E-state index is 12.2. The second-order valence-corrected chi connectivity index (χ2v) is 6.94. The molecule has 2 heteroatoms. The number of hydrogen-bond donors (Lipinski definition) is 1. The second kappa shape index (κ2) is 5.22. The summed E-state index contributed by atoms with van der Waals surface area (Å²) in [6, 6.07) is 0.488. The molecular weight excluding hydrogens is 222 g/mol. The Hall–Kier alpha value is -0.530. The Labute approximate surface area is 111 Å². The molecular formula is C16H27NO. The number of carbonyl (C=O) groups is 1. The van der Waals surface area contributed by atoms with Crippen LogP contribution in [0.2, 0.25) is 0 Å². The second-order valence-electron chi connectivity index (χ2n) is 6.94. The Morgan fingerprint density at radius 1 is 1.06 bits per heavy atom. The van der Waals surface area contributed by atoms with E-state index in [2.05, 4.69) is 12.2 Å². The van der Waals surface area contributed by atoms with Crippen molar-refractivity contribution in [2.45, 2.75) is 70.8 Å². The average molecular weight is 249 g/mol. The lowest BCUT2D eigenvalue weighted by atomic mass is 9.83. The third-order valence-electron chi connectivity index (χ3n) is 5.50. The monoisotopic (exact) mass is 249 g/mol. The summed E-state index contributed by atoms with van der Waals surface area (Å²) in [5.74, 6) is 3.51. The van der Waals surface area contributed by atoms with Crippen molar-refractivity contribution >= 4 is 5.91 Å². The van der Waals surface area contributed by atoms with Gasteiger partial charge in [-0.15, -0.1) is 0 Å². The minimum absolute atomic E-state index is 0.363. The fraction of sp³-hybridized carbons (Fsp3) is 0.938. The van der Waals surface area contributed by atoms with Crippen molar-refractivity contribution < 1.29 is 4.79 Å². The molecule has 2 atom stereocenters. The fourth-order valence-electron chi connectivity index (χ4n) is 4.25. The summed E-state index contributed by atoms with van der Waals surface area (Å²) in [7, 11) is 0. The molecule has 3 aliphatic carbocycles. The minimum atomic E-state index is 0.363. The van der Waals surface area contributed by atoms with Crippen LogP contribution in [0.1, 0.15) is 64.7 Å². The smallest absolute Gasteiger partial charge is 0.223 e. The van der Waals surface area contributed by atoms with Crippen LogP contribution in [0.3, 0.4) is 0 Å². The molecule has 0 bridgehead atoms. The molecule has 0 aromatic heterocycles. The zero-order valence-corrected chi connectivity index (χ0v) is 11.7. The summed E-state index contributed by atoms with van der Waals surface area (Å²) in [5.41, 5.74) is 0. The maximum Gasteiger partial charge on any atom is 0.223 e. The van der Waals surface area contributed by atoms with E-state index in [0.717, 1.165) is 17.8 Å². The third-order valence-corrected chi connectivity index (χ3v) is 5.50. The van der Waals surface area contributed by atoms with E-state index in [4.69, 9.17) is 0 Å². The Morgan fingerprint density at radius 3 is 2.33 bits per heavy atom. The number of fused-ring (bicyclic) bond motifs is 1. The molecule has 3 rings (SSSR count). The summed E-state index contributed by atoms with van der Waals surface area (Å²) in [6.07, 6.45) is 11.6. The third kappa shape index (κ3) is 2.73. The number of hydrogen-bond acceptors (Lipinski definition) is 1. The molecule has 0 aliphatic heterocycles. The lowest BCUT2D eigenvalue weighted by molar-refractivity contribution is -0.126. The predicted molar refractivity (Wildman–Crippen MR) is 73.1 cm³/mol. The summed E-state index contributed by atoms with van der Waals surface area (Å²) < 4.78 is 0. The summed E-state index contributed by atoms with van der Waals surface area (Å²) in [5, 5.41) is 3.33. The van der Waals surface area contributed by atoms with E-state index in [-0.39, 0.29) is 0 Å². The van der Waals surface area contributed by atoms with Crippen LogP contribution >= 0.6 is 0 Å². The zero-order chi connectivity index (χ0) is 12.5. The van der Waals surface area contributed by atoms with Gasteiger partial charge in [-0.05, 0) is 62.7 Å². The maximum atomic E-state index is 12.2. The van der Waals surface area contributed by atoms with Gasteiger partial charge < -0.3 is 5.32 Å². The number of nitrogens with one attached hydrogen (secondary N) is 1. The Kier molecular flexibility index (Phi) is 3.63. The largest absolute Gasteiger partial charge is 0.353 e. The van der Waals surface area contributed by atoms with Gasteiger partial charge in [0.15, 0.2) is 0 Å². The van der Waals surface area contributed by atoms with Crippen LogP contribution in [0.5, 0.6) is 0 Å². The predicted octanol–water partition coefficient (Wildman–Crippen LogP) is 3.51. The highest BCUT2D eigenvalue weighted by Crippen LogP contribution is 2.54. The van der Waals surface area contributed by atoms with Gasteiger partial charge in [0.05, 0.1) is 0 Å². The zero-order valence-electron chi connectivity index (χ0n) is 11.7. The van der Waals surface area contributed by atoms with E-state index in [0.29, 0.717) is 17.9 Å². The molecule has 0 spiro atoms. The molecule has 2 nitrogen and oxygen atoms in total. The summed E-state index contributed by atoms with van der Waals surface area (Å²) in [6.45, 7) is 2.28. The Bertz CT molecular complexity index is 296. The topological polar surface area (TPSA) is 29.1 Å². The van der Waals surface area contributed by atoms with Gasteiger partial charge in [-0.1, -0.05) is 19.8 Å². The van der Waals surface area contributed by atoms with Gasteiger partial charge in [-0.3, -0.25) is 4.79 Å². The van der Waals surface area contributed by atoms with Gasteiger partial charge >= 0.3 is 0 Å². The quantitative estimate of drug-likeness (QED) is 0.811. The Balaban J connectivity index is 1.39. The van der Waals surface area contributed by atoms with Crippen molar-refractivity contribution in [3.05, 3.63) is 0 Å². The van der Waals surface area contributed by atoms with Gasteiger partial charge in [0.1, 0.15) is 0 Å². The van der Waals surface area contributed by atoms with E-state index < -0.39 is 0 Å². The molecule has 2 unspecified atom stereocenters. The molecule has 102 valence electrons. The van der Waals surface area contributed by atoms with Gasteiger partial charge in [-0.25, -0.2) is 0 Å². The van der Waals surface area contributed by atoms with E-state index >= 15 is 0 Å². The van der Waals surface area contributed by atoms with Gasteiger partial charge in [0.2, 0.25) is 5.91 Å². The van der Waals surface area contributed by atoms with E-state index in [1.165, 1.54) is 57.8 Å². The highest BCUT2D eigenvalue weighted by atomic mass is 16.1. The van der Waals surface area contributed by atoms with Crippen LogP contribution in [-0.4, -0.2) is 11.9 Å². The van der Waals surface area contributed by atoms with Crippen LogP contribution in [-0.2, 0) is 4.79 Å². The molecule has 0 radical (unpaired) electrons. The Morgan fingerprint density at radius 2 is 1.72 bits per heavy atom. The molecule has 0 saturated heterocycles. The average Bonchev–Trinajstić information content (AvgIpc) is 2.99. The van der Waals surface area contributed by atoms with Crippen molar-refractivity contribution in [3.63, 3.8) is 0 Å². The fourth-order valence-corrected chi connectivity index (χ4v) is 4.25. The first kappa shape index (κ1) is 12.5. The van der Waals surface area contributed by atoms with Crippen molar-refractivity contribution in [1.82, 2.24) is 5.32 Å². The number of carbonyl (C=O) groups excluding carboxylic acids is 1.